The van der Waals surface area contributed by atoms with Crippen LogP contribution in [0.1, 0.15) is 25.1 Å². The summed E-state index contributed by atoms with van der Waals surface area (Å²) in [6.45, 7) is 6.49. The number of aryl methyl sites for hydroxylation is 1. The Kier molecular flexibility index (Phi) is 4.63. The number of ether oxygens (including phenoxy) is 1. The van der Waals surface area contributed by atoms with E-state index in [-0.39, 0.29) is 5.82 Å². The van der Waals surface area contributed by atoms with Gasteiger partial charge in [-0.3, -0.25) is 4.98 Å². The van der Waals surface area contributed by atoms with Crippen molar-refractivity contribution in [3.05, 3.63) is 47.7 Å². The van der Waals surface area contributed by atoms with Crippen LogP contribution in [0.4, 0.5) is 4.39 Å². The van der Waals surface area contributed by atoms with Gasteiger partial charge in [-0.2, -0.15) is 0 Å². The van der Waals surface area contributed by atoms with Crippen LogP contribution >= 0.6 is 0 Å². The van der Waals surface area contributed by atoms with Crippen LogP contribution in [-0.4, -0.2) is 16.0 Å². The van der Waals surface area contributed by atoms with Crippen LogP contribution in [-0.2, 0) is 6.54 Å². The summed E-state index contributed by atoms with van der Waals surface area (Å²) in [4.78, 5) is 8.40. The summed E-state index contributed by atoms with van der Waals surface area (Å²) in [6.07, 6.45) is 3.18. The fraction of sp³-hybridized carbons (Fsp3) is 0.333. The first kappa shape index (κ1) is 14.4. The zero-order chi connectivity index (χ0) is 14.5. The van der Waals surface area contributed by atoms with E-state index in [1.807, 2.05) is 0 Å². The number of benzene rings is 1. The van der Waals surface area contributed by atoms with E-state index >= 15 is 0 Å². The minimum Gasteiger partial charge on any atom is -0.437 e. The van der Waals surface area contributed by atoms with Crippen LogP contribution in [0.5, 0.6) is 11.6 Å². The first-order valence-electron chi connectivity index (χ1n) is 6.53. The van der Waals surface area contributed by atoms with Gasteiger partial charge in [0.05, 0.1) is 18.1 Å². The maximum atomic E-state index is 13.4. The molecule has 0 saturated carbocycles. The van der Waals surface area contributed by atoms with Crippen molar-refractivity contribution in [2.45, 2.75) is 33.4 Å². The van der Waals surface area contributed by atoms with Gasteiger partial charge in [-0.15, -0.1) is 0 Å². The molecule has 20 heavy (non-hydrogen) atoms. The first-order valence-corrected chi connectivity index (χ1v) is 6.53. The van der Waals surface area contributed by atoms with Gasteiger partial charge in [0.25, 0.3) is 0 Å². The predicted molar refractivity (Wildman–Crippen MR) is 75.2 cm³/mol. The highest BCUT2D eigenvalue weighted by Crippen LogP contribution is 2.21. The fourth-order valence-electron chi connectivity index (χ4n) is 1.55. The second-order valence-corrected chi connectivity index (χ2v) is 4.89. The molecule has 0 saturated heterocycles. The quantitative estimate of drug-likeness (QED) is 0.910. The van der Waals surface area contributed by atoms with Crippen molar-refractivity contribution in [1.29, 1.82) is 0 Å². The Hall–Kier alpha value is -2.01. The number of nitrogens with one attached hydrogen (secondary N) is 1. The zero-order valence-electron chi connectivity index (χ0n) is 11.9. The molecular weight excluding hydrogens is 257 g/mol. The Morgan fingerprint density at radius 1 is 1.25 bits per heavy atom. The van der Waals surface area contributed by atoms with Gasteiger partial charge in [0.2, 0.25) is 5.88 Å². The van der Waals surface area contributed by atoms with E-state index < -0.39 is 0 Å². The van der Waals surface area contributed by atoms with Gasteiger partial charge in [-0.05, 0) is 18.6 Å². The van der Waals surface area contributed by atoms with Crippen LogP contribution in [0.15, 0.2) is 30.6 Å². The predicted octanol–water partition coefficient (Wildman–Crippen LogP) is 3.21. The van der Waals surface area contributed by atoms with Crippen molar-refractivity contribution in [2.24, 2.45) is 0 Å². The molecule has 0 amide bonds. The smallest absolute Gasteiger partial charge is 0.237 e. The third kappa shape index (κ3) is 3.99. The Labute approximate surface area is 118 Å². The Bertz CT molecular complexity index is 570. The molecule has 0 aliphatic rings. The number of rotatable bonds is 5. The van der Waals surface area contributed by atoms with E-state index in [0.717, 1.165) is 5.69 Å². The van der Waals surface area contributed by atoms with Gasteiger partial charge in [0.15, 0.2) is 0 Å². The SMILES string of the molecule is Cc1ccc(Oc2cnc(CNC(C)C)cn2)cc1F. The Morgan fingerprint density at radius 2 is 2.05 bits per heavy atom. The van der Waals surface area contributed by atoms with E-state index in [9.17, 15) is 4.39 Å². The molecule has 1 aromatic carbocycles. The lowest BCUT2D eigenvalue weighted by Gasteiger charge is -2.08. The lowest BCUT2D eigenvalue weighted by atomic mass is 10.2. The summed E-state index contributed by atoms with van der Waals surface area (Å²) >= 11 is 0. The second kappa shape index (κ2) is 6.43. The monoisotopic (exact) mass is 275 g/mol. The molecule has 0 atom stereocenters. The van der Waals surface area contributed by atoms with Crippen molar-refractivity contribution >= 4 is 0 Å². The molecule has 1 heterocycles. The summed E-state index contributed by atoms with van der Waals surface area (Å²) in [7, 11) is 0. The summed E-state index contributed by atoms with van der Waals surface area (Å²) in [5, 5.41) is 3.25. The van der Waals surface area contributed by atoms with E-state index in [1.165, 1.54) is 12.3 Å². The molecule has 0 fully saturated rings. The molecule has 0 bridgehead atoms. The lowest BCUT2D eigenvalue weighted by Crippen LogP contribution is -2.22. The molecule has 2 rings (SSSR count). The van der Waals surface area contributed by atoms with E-state index in [4.69, 9.17) is 4.74 Å². The maximum Gasteiger partial charge on any atom is 0.237 e. The third-order valence-corrected chi connectivity index (χ3v) is 2.74. The first-order chi connectivity index (χ1) is 9.54. The summed E-state index contributed by atoms with van der Waals surface area (Å²) in [5.41, 5.74) is 1.42. The van der Waals surface area contributed by atoms with Crippen LogP contribution in [0.25, 0.3) is 0 Å². The molecule has 2 aromatic rings. The minimum absolute atomic E-state index is 0.298. The Balaban J connectivity index is 2.01. The molecule has 1 aromatic heterocycles. The van der Waals surface area contributed by atoms with Gasteiger partial charge in [-0.25, -0.2) is 9.37 Å². The van der Waals surface area contributed by atoms with Gasteiger partial charge >= 0.3 is 0 Å². The van der Waals surface area contributed by atoms with Crippen LogP contribution in [0, 0.1) is 12.7 Å². The molecule has 0 aliphatic carbocycles. The maximum absolute atomic E-state index is 13.4. The van der Waals surface area contributed by atoms with Crippen molar-refractivity contribution in [3.63, 3.8) is 0 Å². The van der Waals surface area contributed by atoms with Gasteiger partial charge in [-0.1, -0.05) is 19.9 Å². The number of halogens is 1. The minimum atomic E-state index is -0.298. The highest BCUT2D eigenvalue weighted by molar-refractivity contribution is 5.30. The summed E-state index contributed by atoms with van der Waals surface area (Å²) in [6, 6.07) is 5.10. The summed E-state index contributed by atoms with van der Waals surface area (Å²) < 4.78 is 18.9. The van der Waals surface area contributed by atoms with Crippen LogP contribution in [0.2, 0.25) is 0 Å². The number of nitrogens with zero attached hydrogens (tertiary/aromatic N) is 2. The molecule has 106 valence electrons. The van der Waals surface area contributed by atoms with Crippen molar-refractivity contribution in [3.8, 4) is 11.6 Å². The second-order valence-electron chi connectivity index (χ2n) is 4.89. The Morgan fingerprint density at radius 3 is 2.65 bits per heavy atom. The molecular formula is C15H18FN3O. The number of aromatic nitrogens is 2. The third-order valence-electron chi connectivity index (χ3n) is 2.74. The van der Waals surface area contributed by atoms with E-state index in [1.54, 1.807) is 25.3 Å². The van der Waals surface area contributed by atoms with Crippen molar-refractivity contribution in [1.82, 2.24) is 15.3 Å². The van der Waals surface area contributed by atoms with E-state index in [2.05, 4.69) is 29.1 Å². The van der Waals surface area contributed by atoms with Crippen LogP contribution < -0.4 is 10.1 Å². The van der Waals surface area contributed by atoms with Gasteiger partial charge < -0.3 is 10.1 Å². The molecule has 0 spiro atoms. The molecule has 0 radical (unpaired) electrons. The lowest BCUT2D eigenvalue weighted by molar-refractivity contribution is 0.453. The molecule has 4 nitrogen and oxygen atoms in total. The average molecular weight is 275 g/mol. The average Bonchev–Trinajstić information content (AvgIpc) is 2.42. The molecule has 5 heteroatoms. The van der Waals surface area contributed by atoms with Crippen molar-refractivity contribution < 1.29 is 9.13 Å². The van der Waals surface area contributed by atoms with Crippen LogP contribution in [0.3, 0.4) is 0 Å². The van der Waals surface area contributed by atoms with Gasteiger partial charge in [0, 0.05) is 18.7 Å². The van der Waals surface area contributed by atoms with E-state index in [0.29, 0.717) is 29.8 Å². The largest absolute Gasteiger partial charge is 0.437 e. The fourth-order valence-corrected chi connectivity index (χ4v) is 1.55. The summed E-state index contributed by atoms with van der Waals surface area (Å²) in [5.74, 6) is 0.463. The standard InChI is InChI=1S/C15H18FN3O/c1-10(2)17-7-12-8-19-15(9-18-12)20-13-5-4-11(3)14(16)6-13/h4-6,8-10,17H,7H2,1-3H3. The van der Waals surface area contributed by atoms with Crippen molar-refractivity contribution in [2.75, 3.05) is 0 Å². The molecule has 0 aliphatic heterocycles. The zero-order valence-corrected chi connectivity index (χ0v) is 11.9. The highest BCUT2D eigenvalue weighted by atomic mass is 19.1. The van der Waals surface area contributed by atoms with Gasteiger partial charge in [0.1, 0.15) is 11.6 Å². The normalized spacial score (nSPS) is 10.8. The molecule has 0 unspecified atom stereocenters. The highest BCUT2D eigenvalue weighted by Gasteiger charge is 2.04. The molecule has 1 N–H and O–H groups in total. The topological polar surface area (TPSA) is 47.0 Å². The number of hydrogen-bond donors (Lipinski definition) is 1. The number of hydrogen-bond acceptors (Lipinski definition) is 4.